The van der Waals surface area contributed by atoms with Crippen LogP contribution in [0.2, 0.25) is 0 Å². The van der Waals surface area contributed by atoms with Crippen LogP contribution in [0.4, 0.5) is 4.39 Å². The first-order valence-electron chi connectivity index (χ1n) is 6.76. The van der Waals surface area contributed by atoms with Crippen LogP contribution >= 0.6 is 11.3 Å². The zero-order chi connectivity index (χ0) is 13.9. The fraction of sp³-hybridized carbons (Fsp3) is 0.312. The van der Waals surface area contributed by atoms with Crippen LogP contribution in [-0.2, 0) is 19.4 Å². The smallest absolute Gasteiger partial charge is 0.123 e. The maximum absolute atomic E-state index is 13.3. The summed E-state index contributed by atoms with van der Waals surface area (Å²) in [4.78, 5) is 2.33. The highest BCUT2D eigenvalue weighted by Crippen LogP contribution is 2.32. The number of hydrogen-bond acceptors (Lipinski definition) is 3. The third kappa shape index (κ3) is 2.60. The van der Waals surface area contributed by atoms with E-state index in [-0.39, 0.29) is 5.82 Å². The molecule has 2 heterocycles. The number of benzene rings is 1. The molecule has 1 aromatic heterocycles. The van der Waals surface area contributed by atoms with Crippen molar-refractivity contribution in [1.29, 1.82) is 5.26 Å². The number of nitriles is 1. The van der Waals surface area contributed by atoms with Crippen LogP contribution in [0.1, 0.15) is 32.9 Å². The lowest BCUT2D eigenvalue weighted by Gasteiger charge is -2.01. The van der Waals surface area contributed by atoms with Gasteiger partial charge < -0.3 is 5.32 Å². The van der Waals surface area contributed by atoms with E-state index in [2.05, 4.69) is 11.4 Å². The molecular weight excluding hydrogens is 271 g/mol. The number of nitrogens with zero attached hydrogens (tertiary/aromatic N) is 1. The van der Waals surface area contributed by atoms with Crippen LogP contribution in [0.15, 0.2) is 24.3 Å². The second-order valence-corrected chi connectivity index (χ2v) is 6.19. The van der Waals surface area contributed by atoms with E-state index in [9.17, 15) is 9.65 Å². The molecule has 0 saturated carbocycles. The summed E-state index contributed by atoms with van der Waals surface area (Å²) in [5, 5.41) is 12.8. The molecule has 2 nitrogen and oxygen atoms in total. The Bertz CT molecular complexity index is 670. The maximum atomic E-state index is 13.3. The molecule has 1 aliphatic rings. The van der Waals surface area contributed by atoms with Gasteiger partial charge in [-0.2, -0.15) is 5.26 Å². The van der Waals surface area contributed by atoms with Gasteiger partial charge in [0.05, 0.1) is 5.56 Å². The van der Waals surface area contributed by atoms with E-state index >= 15 is 0 Å². The van der Waals surface area contributed by atoms with Crippen LogP contribution in [0.5, 0.6) is 0 Å². The summed E-state index contributed by atoms with van der Waals surface area (Å²) in [6.07, 6.45) is 2.67. The predicted octanol–water partition coefficient (Wildman–Crippen LogP) is 3.39. The van der Waals surface area contributed by atoms with Gasteiger partial charge in [0.25, 0.3) is 0 Å². The number of nitrogens with one attached hydrogen (secondary N) is 1. The molecule has 0 radical (unpaired) electrons. The number of rotatable bonds is 2. The molecule has 0 aliphatic carbocycles. The number of halogens is 1. The number of hydrogen-bond donors (Lipinski definition) is 1. The molecule has 20 heavy (non-hydrogen) atoms. The van der Waals surface area contributed by atoms with Crippen molar-refractivity contribution in [2.75, 3.05) is 6.54 Å². The van der Waals surface area contributed by atoms with E-state index in [4.69, 9.17) is 0 Å². The lowest BCUT2D eigenvalue weighted by Crippen LogP contribution is -2.11. The second-order valence-electron chi connectivity index (χ2n) is 5.00. The Hall–Kier alpha value is -1.70. The fourth-order valence-electron chi connectivity index (χ4n) is 2.65. The van der Waals surface area contributed by atoms with E-state index in [0.29, 0.717) is 6.42 Å². The van der Waals surface area contributed by atoms with Crippen molar-refractivity contribution in [3.8, 4) is 6.07 Å². The maximum Gasteiger partial charge on any atom is 0.123 e. The fourth-order valence-corrected chi connectivity index (χ4v) is 3.96. The van der Waals surface area contributed by atoms with Gasteiger partial charge in [0.1, 0.15) is 11.9 Å². The Morgan fingerprint density at radius 1 is 1.40 bits per heavy atom. The van der Waals surface area contributed by atoms with Crippen molar-refractivity contribution in [3.63, 3.8) is 0 Å². The Balaban J connectivity index is 1.96. The van der Waals surface area contributed by atoms with Gasteiger partial charge in [0.2, 0.25) is 0 Å². The van der Waals surface area contributed by atoms with Crippen molar-refractivity contribution in [2.24, 2.45) is 0 Å². The Morgan fingerprint density at radius 3 is 3.10 bits per heavy atom. The van der Waals surface area contributed by atoms with Crippen molar-refractivity contribution < 1.29 is 4.39 Å². The quantitative estimate of drug-likeness (QED) is 0.918. The Kier molecular flexibility index (Phi) is 3.81. The largest absolute Gasteiger partial charge is 0.312 e. The van der Waals surface area contributed by atoms with Crippen molar-refractivity contribution >= 4 is 11.3 Å². The first-order chi connectivity index (χ1) is 9.78. The van der Waals surface area contributed by atoms with Gasteiger partial charge in [0.15, 0.2) is 0 Å². The SMILES string of the molecule is N#Cc1c(Cc2cccc(F)c2)sc2c1CCCNC2. The van der Waals surface area contributed by atoms with Crippen molar-refractivity contribution in [2.45, 2.75) is 25.8 Å². The van der Waals surface area contributed by atoms with Crippen LogP contribution in [0, 0.1) is 17.1 Å². The van der Waals surface area contributed by atoms with Gasteiger partial charge in [-0.05, 0) is 42.6 Å². The highest BCUT2D eigenvalue weighted by molar-refractivity contribution is 7.12. The highest BCUT2D eigenvalue weighted by Gasteiger charge is 2.19. The molecule has 1 aromatic carbocycles. The molecule has 0 atom stereocenters. The van der Waals surface area contributed by atoms with Gasteiger partial charge in [-0.3, -0.25) is 0 Å². The molecule has 3 rings (SSSR count). The number of thiophene rings is 1. The van der Waals surface area contributed by atoms with Crippen LogP contribution < -0.4 is 5.32 Å². The van der Waals surface area contributed by atoms with Gasteiger partial charge >= 0.3 is 0 Å². The lowest BCUT2D eigenvalue weighted by atomic mass is 10.0. The zero-order valence-corrected chi connectivity index (χ0v) is 11.9. The Labute approximate surface area is 121 Å². The molecule has 4 heteroatoms. The van der Waals surface area contributed by atoms with Crippen LogP contribution in [0.3, 0.4) is 0 Å². The molecule has 1 aliphatic heterocycles. The molecule has 0 bridgehead atoms. The molecule has 1 N–H and O–H groups in total. The average Bonchev–Trinajstić information content (AvgIpc) is 2.60. The van der Waals surface area contributed by atoms with Crippen LogP contribution in [-0.4, -0.2) is 6.54 Å². The predicted molar refractivity (Wildman–Crippen MR) is 78.3 cm³/mol. The first kappa shape index (κ1) is 13.3. The number of fused-ring (bicyclic) bond motifs is 1. The standard InChI is InChI=1S/C16H15FN2S/c17-12-4-1-3-11(7-12)8-15-14(9-18)13-5-2-6-19-10-16(13)20-15/h1,3-4,7,19H,2,5-6,8,10H2. The topological polar surface area (TPSA) is 35.8 Å². The lowest BCUT2D eigenvalue weighted by molar-refractivity contribution is 0.626. The Morgan fingerprint density at radius 2 is 2.30 bits per heavy atom. The highest BCUT2D eigenvalue weighted by atomic mass is 32.1. The van der Waals surface area contributed by atoms with Gasteiger partial charge in [-0.15, -0.1) is 11.3 Å². The first-order valence-corrected chi connectivity index (χ1v) is 7.58. The minimum absolute atomic E-state index is 0.221. The summed E-state index contributed by atoms with van der Waals surface area (Å²) in [5.74, 6) is -0.221. The summed E-state index contributed by atoms with van der Waals surface area (Å²) in [6, 6.07) is 8.98. The molecular formula is C16H15FN2S. The molecule has 2 aromatic rings. The van der Waals surface area contributed by atoms with Crippen molar-refractivity contribution in [1.82, 2.24) is 5.32 Å². The van der Waals surface area contributed by atoms with E-state index < -0.39 is 0 Å². The van der Waals surface area contributed by atoms with E-state index in [1.54, 1.807) is 23.5 Å². The molecule has 0 fully saturated rings. The van der Waals surface area contributed by atoms with Gasteiger partial charge in [0, 0.05) is 22.7 Å². The summed E-state index contributed by atoms with van der Waals surface area (Å²) in [7, 11) is 0. The summed E-state index contributed by atoms with van der Waals surface area (Å²) in [6.45, 7) is 1.85. The second kappa shape index (κ2) is 5.74. The van der Waals surface area contributed by atoms with E-state index in [1.807, 2.05) is 6.07 Å². The third-order valence-corrected chi connectivity index (χ3v) is 4.83. The monoisotopic (exact) mass is 286 g/mol. The van der Waals surface area contributed by atoms with E-state index in [1.165, 1.54) is 16.5 Å². The zero-order valence-electron chi connectivity index (χ0n) is 11.1. The molecule has 0 saturated heterocycles. The van der Waals surface area contributed by atoms with E-state index in [0.717, 1.165) is 41.9 Å². The normalized spacial score (nSPS) is 14.4. The molecule has 102 valence electrons. The summed E-state index contributed by atoms with van der Waals surface area (Å²) >= 11 is 1.69. The van der Waals surface area contributed by atoms with Crippen LogP contribution in [0.25, 0.3) is 0 Å². The third-order valence-electron chi connectivity index (χ3n) is 3.60. The van der Waals surface area contributed by atoms with Gasteiger partial charge in [-0.1, -0.05) is 12.1 Å². The van der Waals surface area contributed by atoms with Gasteiger partial charge in [-0.25, -0.2) is 4.39 Å². The minimum Gasteiger partial charge on any atom is -0.312 e. The summed E-state index contributed by atoms with van der Waals surface area (Å²) in [5.41, 5.74) is 2.94. The average molecular weight is 286 g/mol. The summed E-state index contributed by atoms with van der Waals surface area (Å²) < 4.78 is 13.3. The minimum atomic E-state index is -0.221. The molecule has 0 unspecified atom stereocenters. The van der Waals surface area contributed by atoms with Crippen molar-refractivity contribution in [3.05, 3.63) is 56.5 Å². The molecule has 0 spiro atoms. The molecule has 0 amide bonds.